The zero-order valence-electron chi connectivity index (χ0n) is 12.4. The van der Waals surface area contributed by atoms with Crippen LogP contribution in [-0.4, -0.2) is 51.5 Å². The van der Waals surface area contributed by atoms with E-state index in [1.807, 2.05) is 0 Å². The summed E-state index contributed by atoms with van der Waals surface area (Å²) in [5.41, 5.74) is 0. The highest BCUT2D eigenvalue weighted by molar-refractivity contribution is 6.79. The largest absolute Gasteiger partial charge is 1.00 e. The SMILES string of the molecule is CC[Si](CC)(CC)CCC[N+](C)(C)CCO.[I-]. The monoisotopic (exact) mass is 373 g/mol. The number of quaternary nitrogens is 1. The first-order valence-corrected chi connectivity index (χ1v) is 9.71. The van der Waals surface area contributed by atoms with E-state index in [9.17, 15) is 0 Å². The number of aliphatic hydroxyl groups excluding tert-OH is 1. The molecule has 0 aliphatic heterocycles. The third-order valence-electron chi connectivity index (χ3n) is 4.43. The fourth-order valence-corrected chi connectivity index (χ4v) is 6.01. The molecule has 0 unspecified atom stereocenters. The normalized spacial score (nSPS) is 12.4. The first-order valence-electron chi connectivity index (χ1n) is 6.88. The van der Waals surface area contributed by atoms with Crippen LogP contribution in [0.1, 0.15) is 27.2 Å². The van der Waals surface area contributed by atoms with E-state index in [2.05, 4.69) is 34.9 Å². The summed E-state index contributed by atoms with van der Waals surface area (Å²) in [5.74, 6) is 0. The van der Waals surface area contributed by atoms with Crippen LogP contribution in [0.2, 0.25) is 24.2 Å². The third-order valence-corrected chi connectivity index (χ3v) is 10.3. The molecule has 0 aliphatic rings. The van der Waals surface area contributed by atoms with E-state index in [4.69, 9.17) is 5.11 Å². The lowest BCUT2D eigenvalue weighted by Crippen LogP contribution is -3.00. The maximum absolute atomic E-state index is 8.99. The fraction of sp³-hybridized carbons (Fsp3) is 1.00. The first-order chi connectivity index (χ1) is 7.45. The minimum Gasteiger partial charge on any atom is -1.00 e. The van der Waals surface area contributed by atoms with Crippen LogP contribution in [-0.2, 0) is 0 Å². The number of rotatable bonds is 9. The average Bonchev–Trinajstić information content (AvgIpc) is 2.25. The van der Waals surface area contributed by atoms with Crippen LogP contribution in [0, 0.1) is 0 Å². The van der Waals surface area contributed by atoms with Gasteiger partial charge in [-0.3, -0.25) is 0 Å². The van der Waals surface area contributed by atoms with Gasteiger partial charge in [0.1, 0.15) is 6.54 Å². The molecule has 0 atom stereocenters. The Morgan fingerprint density at radius 1 is 0.941 bits per heavy atom. The molecule has 0 saturated carbocycles. The standard InChI is InChI=1S/C13H32NOSi.HI/c1-6-16(7-2,8-3)13-9-10-14(4,5)11-12-15;/h15H,6-13H2,1-5H3;1H/q+1;/p-1. The summed E-state index contributed by atoms with van der Waals surface area (Å²) in [6, 6.07) is 5.79. The Morgan fingerprint density at radius 2 is 1.41 bits per heavy atom. The van der Waals surface area contributed by atoms with Gasteiger partial charge in [-0.1, -0.05) is 44.9 Å². The zero-order valence-corrected chi connectivity index (χ0v) is 15.6. The molecule has 0 aliphatic carbocycles. The molecule has 0 bridgehead atoms. The van der Waals surface area contributed by atoms with E-state index in [0.717, 1.165) is 11.0 Å². The van der Waals surface area contributed by atoms with Crippen LogP contribution in [0.15, 0.2) is 0 Å². The van der Waals surface area contributed by atoms with Crippen LogP contribution < -0.4 is 24.0 Å². The highest BCUT2D eigenvalue weighted by Crippen LogP contribution is 2.26. The molecule has 0 radical (unpaired) electrons. The number of nitrogens with zero attached hydrogens (tertiary/aromatic N) is 1. The molecule has 17 heavy (non-hydrogen) atoms. The van der Waals surface area contributed by atoms with Gasteiger partial charge in [0.15, 0.2) is 0 Å². The number of hydrogen-bond donors (Lipinski definition) is 1. The van der Waals surface area contributed by atoms with Gasteiger partial charge in [0.25, 0.3) is 0 Å². The molecular weight excluding hydrogens is 341 g/mol. The molecule has 0 aromatic rings. The molecule has 0 fully saturated rings. The Labute approximate surface area is 126 Å². The van der Waals surface area contributed by atoms with E-state index in [1.165, 1.54) is 37.1 Å². The Bertz CT molecular complexity index is 176. The van der Waals surface area contributed by atoms with E-state index in [-0.39, 0.29) is 24.0 Å². The predicted octanol–water partition coefficient (Wildman–Crippen LogP) is -0.0423. The van der Waals surface area contributed by atoms with Gasteiger partial charge in [-0.05, 0) is 6.42 Å². The highest BCUT2D eigenvalue weighted by Gasteiger charge is 2.27. The number of likely N-dealkylation sites (N-methyl/N-ethyl adjacent to an activating group) is 1. The Balaban J connectivity index is 0. The van der Waals surface area contributed by atoms with Gasteiger partial charge in [0.2, 0.25) is 0 Å². The first kappa shape index (κ1) is 20.2. The predicted molar refractivity (Wildman–Crippen MR) is 75.5 cm³/mol. The fourth-order valence-electron chi connectivity index (χ4n) is 2.54. The van der Waals surface area contributed by atoms with Gasteiger partial charge in [-0.25, -0.2) is 0 Å². The van der Waals surface area contributed by atoms with Crippen LogP contribution in [0.4, 0.5) is 0 Å². The molecule has 0 spiro atoms. The molecule has 2 nitrogen and oxygen atoms in total. The van der Waals surface area contributed by atoms with Gasteiger partial charge >= 0.3 is 0 Å². The second-order valence-electron chi connectivity index (χ2n) is 5.77. The van der Waals surface area contributed by atoms with E-state index < -0.39 is 8.07 Å². The summed E-state index contributed by atoms with van der Waals surface area (Å²) < 4.78 is 0.970. The molecule has 106 valence electrons. The molecule has 0 amide bonds. The Hall–Kier alpha value is 0.867. The van der Waals surface area contributed by atoms with Crippen molar-refractivity contribution in [3.05, 3.63) is 0 Å². The minimum absolute atomic E-state index is 0. The van der Waals surface area contributed by atoms with Gasteiger partial charge in [0.05, 0.1) is 35.3 Å². The molecule has 0 aromatic carbocycles. The molecule has 0 heterocycles. The second kappa shape index (κ2) is 9.75. The quantitative estimate of drug-likeness (QED) is 0.342. The van der Waals surface area contributed by atoms with Crippen LogP contribution in [0.3, 0.4) is 0 Å². The van der Waals surface area contributed by atoms with Gasteiger partial charge in [-0.2, -0.15) is 0 Å². The summed E-state index contributed by atoms with van der Waals surface area (Å²) in [5, 5.41) is 8.99. The lowest BCUT2D eigenvalue weighted by atomic mass is 10.4. The molecular formula is C13H32INOSi. The van der Waals surface area contributed by atoms with E-state index >= 15 is 0 Å². The van der Waals surface area contributed by atoms with Crippen molar-refractivity contribution < 1.29 is 33.6 Å². The lowest BCUT2D eigenvalue weighted by molar-refractivity contribution is -0.890. The average molecular weight is 373 g/mol. The van der Waals surface area contributed by atoms with E-state index in [0.29, 0.717) is 6.61 Å². The van der Waals surface area contributed by atoms with Crippen molar-refractivity contribution in [1.29, 1.82) is 0 Å². The van der Waals surface area contributed by atoms with Crippen molar-refractivity contribution in [1.82, 2.24) is 0 Å². The van der Waals surface area contributed by atoms with Crippen molar-refractivity contribution in [2.24, 2.45) is 0 Å². The number of aliphatic hydroxyl groups is 1. The molecule has 1 N–H and O–H groups in total. The van der Waals surface area contributed by atoms with Crippen molar-refractivity contribution in [2.45, 2.75) is 51.4 Å². The van der Waals surface area contributed by atoms with Crippen LogP contribution >= 0.6 is 0 Å². The van der Waals surface area contributed by atoms with Crippen molar-refractivity contribution in [3.8, 4) is 0 Å². The topological polar surface area (TPSA) is 20.2 Å². The smallest absolute Gasteiger partial charge is 0.102 e. The summed E-state index contributed by atoms with van der Waals surface area (Å²) in [7, 11) is 3.54. The summed E-state index contributed by atoms with van der Waals surface area (Å²) >= 11 is 0. The molecule has 4 heteroatoms. The molecule has 0 saturated heterocycles. The summed E-state index contributed by atoms with van der Waals surface area (Å²) in [6.07, 6.45) is 1.34. The summed E-state index contributed by atoms with van der Waals surface area (Å²) in [6.45, 7) is 9.56. The number of hydrogen-bond acceptors (Lipinski definition) is 1. The van der Waals surface area contributed by atoms with Crippen molar-refractivity contribution in [3.63, 3.8) is 0 Å². The lowest BCUT2D eigenvalue weighted by Gasteiger charge is -2.32. The van der Waals surface area contributed by atoms with Crippen molar-refractivity contribution >= 4 is 8.07 Å². The van der Waals surface area contributed by atoms with Crippen molar-refractivity contribution in [2.75, 3.05) is 33.8 Å². The molecule has 0 rings (SSSR count). The zero-order chi connectivity index (χ0) is 12.7. The van der Waals surface area contributed by atoms with Gasteiger partial charge in [0, 0.05) is 0 Å². The Kier molecular flexibility index (Phi) is 11.6. The van der Waals surface area contributed by atoms with Gasteiger partial charge < -0.3 is 33.6 Å². The van der Waals surface area contributed by atoms with Crippen LogP contribution in [0.25, 0.3) is 0 Å². The summed E-state index contributed by atoms with van der Waals surface area (Å²) in [4.78, 5) is 0. The Morgan fingerprint density at radius 3 is 1.76 bits per heavy atom. The highest BCUT2D eigenvalue weighted by atomic mass is 127. The maximum Gasteiger partial charge on any atom is 0.102 e. The van der Waals surface area contributed by atoms with E-state index in [1.54, 1.807) is 0 Å². The number of halogens is 1. The van der Waals surface area contributed by atoms with Crippen LogP contribution in [0.5, 0.6) is 0 Å². The second-order valence-corrected chi connectivity index (χ2v) is 11.4. The molecule has 0 aromatic heterocycles. The van der Waals surface area contributed by atoms with Gasteiger partial charge in [-0.15, -0.1) is 0 Å². The third kappa shape index (κ3) is 7.80. The maximum atomic E-state index is 8.99. The minimum atomic E-state index is -0.913.